The van der Waals surface area contributed by atoms with Gasteiger partial charge in [0, 0.05) is 0 Å². The Balaban J connectivity index is 2.29. The predicted octanol–water partition coefficient (Wildman–Crippen LogP) is 1.84. The molecule has 0 aromatic rings. The minimum Gasteiger partial charge on any atom is -0.496 e. The summed E-state index contributed by atoms with van der Waals surface area (Å²) in [7, 11) is 0. The summed E-state index contributed by atoms with van der Waals surface area (Å²) in [4.78, 5) is 0. The summed E-state index contributed by atoms with van der Waals surface area (Å²) in [5, 5.41) is 9.44. The number of aliphatic hydroxyl groups is 1. The number of allylic oxidation sites excluding steroid dienone is 1. The van der Waals surface area contributed by atoms with Crippen LogP contribution in [0, 0.1) is 0 Å². The molecule has 0 saturated heterocycles. The molecule has 2 nitrogen and oxygen atoms in total. The monoisotopic (exact) mass is 156 g/mol. The van der Waals surface area contributed by atoms with Crippen LogP contribution in [0.5, 0.6) is 0 Å². The summed E-state index contributed by atoms with van der Waals surface area (Å²) in [5.41, 5.74) is 0. The Morgan fingerprint density at radius 1 is 1.36 bits per heavy atom. The van der Waals surface area contributed by atoms with Crippen LogP contribution < -0.4 is 0 Å². The van der Waals surface area contributed by atoms with Gasteiger partial charge in [0.1, 0.15) is 6.10 Å². The van der Waals surface area contributed by atoms with Crippen LogP contribution in [0.4, 0.5) is 0 Å². The zero-order valence-electron chi connectivity index (χ0n) is 6.99. The van der Waals surface area contributed by atoms with Crippen LogP contribution in [0.3, 0.4) is 0 Å². The molecule has 2 atom stereocenters. The van der Waals surface area contributed by atoms with Gasteiger partial charge >= 0.3 is 0 Å². The van der Waals surface area contributed by atoms with Crippen molar-refractivity contribution in [3.63, 3.8) is 0 Å². The summed E-state index contributed by atoms with van der Waals surface area (Å²) in [6.45, 7) is 1.91. The first-order chi connectivity index (χ1) is 5.34. The van der Waals surface area contributed by atoms with Crippen molar-refractivity contribution in [3.05, 3.63) is 12.3 Å². The molecule has 0 aromatic heterocycles. The fraction of sp³-hybridized carbons (Fsp3) is 0.778. The van der Waals surface area contributed by atoms with E-state index < -0.39 is 0 Å². The van der Waals surface area contributed by atoms with E-state index in [0.29, 0.717) is 0 Å². The second-order valence-corrected chi connectivity index (χ2v) is 3.00. The van der Waals surface area contributed by atoms with Crippen LogP contribution in [0.15, 0.2) is 12.3 Å². The molecule has 0 radical (unpaired) electrons. The number of rotatable bonds is 2. The topological polar surface area (TPSA) is 29.5 Å². The van der Waals surface area contributed by atoms with Crippen LogP contribution in [-0.4, -0.2) is 17.3 Å². The molecular weight excluding hydrogens is 140 g/mol. The Labute approximate surface area is 67.9 Å². The Kier molecular flexibility index (Phi) is 3.43. The molecule has 0 bridgehead atoms. The molecule has 0 heterocycles. The molecular formula is C9H16O2. The van der Waals surface area contributed by atoms with Crippen molar-refractivity contribution in [3.8, 4) is 0 Å². The number of ether oxygens (including phenoxy) is 1. The average Bonchev–Trinajstić information content (AvgIpc) is 2.03. The molecule has 2 unspecified atom stereocenters. The van der Waals surface area contributed by atoms with Gasteiger partial charge in [0.2, 0.25) is 0 Å². The van der Waals surface area contributed by atoms with Gasteiger partial charge in [0.15, 0.2) is 0 Å². The van der Waals surface area contributed by atoms with E-state index in [4.69, 9.17) is 4.74 Å². The standard InChI is InChI=1S/C9H16O2/c1-2-7-11-9-6-4-3-5-8(9)10/h2,7-10H,3-6H2,1H3. The molecule has 1 N–H and O–H groups in total. The molecule has 11 heavy (non-hydrogen) atoms. The summed E-state index contributed by atoms with van der Waals surface area (Å²) >= 11 is 0. The van der Waals surface area contributed by atoms with Crippen molar-refractivity contribution in [2.45, 2.75) is 44.8 Å². The lowest BCUT2D eigenvalue weighted by molar-refractivity contribution is -0.0178. The van der Waals surface area contributed by atoms with Gasteiger partial charge in [-0.25, -0.2) is 0 Å². The van der Waals surface area contributed by atoms with E-state index in [-0.39, 0.29) is 12.2 Å². The van der Waals surface area contributed by atoms with E-state index in [2.05, 4.69) is 0 Å². The molecule has 2 heteroatoms. The maximum absolute atomic E-state index is 9.44. The molecule has 1 aliphatic carbocycles. The van der Waals surface area contributed by atoms with Gasteiger partial charge in [-0.15, -0.1) is 0 Å². The lowest BCUT2D eigenvalue weighted by atomic mass is 9.95. The second kappa shape index (κ2) is 4.39. The Morgan fingerprint density at radius 3 is 2.73 bits per heavy atom. The number of aliphatic hydroxyl groups excluding tert-OH is 1. The average molecular weight is 156 g/mol. The molecule has 0 amide bonds. The minimum atomic E-state index is -0.250. The van der Waals surface area contributed by atoms with Gasteiger partial charge in [-0.3, -0.25) is 0 Å². The number of hydrogen-bond donors (Lipinski definition) is 1. The molecule has 64 valence electrons. The highest BCUT2D eigenvalue weighted by atomic mass is 16.5. The predicted molar refractivity (Wildman–Crippen MR) is 44.2 cm³/mol. The molecule has 0 aromatic carbocycles. The largest absolute Gasteiger partial charge is 0.496 e. The van der Waals surface area contributed by atoms with Gasteiger partial charge in [0.05, 0.1) is 12.4 Å². The van der Waals surface area contributed by atoms with E-state index in [1.807, 2.05) is 13.0 Å². The lowest BCUT2D eigenvalue weighted by Gasteiger charge is -2.26. The first kappa shape index (κ1) is 8.60. The van der Waals surface area contributed by atoms with Gasteiger partial charge in [-0.2, -0.15) is 0 Å². The minimum absolute atomic E-state index is 0.0416. The molecule has 1 saturated carbocycles. The second-order valence-electron chi connectivity index (χ2n) is 3.00. The van der Waals surface area contributed by atoms with Crippen LogP contribution in [0.1, 0.15) is 32.6 Å². The van der Waals surface area contributed by atoms with Crippen molar-refractivity contribution in [2.75, 3.05) is 0 Å². The SMILES string of the molecule is CC=COC1CCCCC1O. The van der Waals surface area contributed by atoms with Crippen molar-refractivity contribution < 1.29 is 9.84 Å². The van der Waals surface area contributed by atoms with Crippen molar-refractivity contribution in [1.82, 2.24) is 0 Å². The normalized spacial score (nSPS) is 32.5. The summed E-state index contributed by atoms with van der Waals surface area (Å²) in [5.74, 6) is 0. The van der Waals surface area contributed by atoms with E-state index in [0.717, 1.165) is 19.3 Å². The van der Waals surface area contributed by atoms with Gasteiger partial charge in [-0.1, -0.05) is 12.5 Å². The van der Waals surface area contributed by atoms with E-state index in [1.165, 1.54) is 6.42 Å². The van der Waals surface area contributed by atoms with E-state index >= 15 is 0 Å². The fourth-order valence-corrected chi connectivity index (χ4v) is 1.42. The first-order valence-corrected chi connectivity index (χ1v) is 4.29. The summed E-state index contributed by atoms with van der Waals surface area (Å²) < 4.78 is 5.31. The maximum Gasteiger partial charge on any atom is 0.124 e. The third-order valence-corrected chi connectivity index (χ3v) is 2.06. The Hall–Kier alpha value is -0.500. The Morgan fingerprint density at radius 2 is 2.09 bits per heavy atom. The molecule has 1 aliphatic rings. The third kappa shape index (κ3) is 2.54. The van der Waals surface area contributed by atoms with Gasteiger partial charge < -0.3 is 9.84 Å². The summed E-state index contributed by atoms with van der Waals surface area (Å²) in [6, 6.07) is 0. The lowest BCUT2D eigenvalue weighted by Crippen LogP contribution is -2.30. The summed E-state index contributed by atoms with van der Waals surface area (Å²) in [6.07, 6.45) is 7.50. The zero-order chi connectivity index (χ0) is 8.10. The van der Waals surface area contributed by atoms with Gasteiger partial charge in [0.25, 0.3) is 0 Å². The van der Waals surface area contributed by atoms with Crippen molar-refractivity contribution in [1.29, 1.82) is 0 Å². The highest BCUT2D eigenvalue weighted by Crippen LogP contribution is 2.20. The van der Waals surface area contributed by atoms with E-state index in [9.17, 15) is 5.11 Å². The number of hydrogen-bond acceptors (Lipinski definition) is 2. The maximum atomic E-state index is 9.44. The first-order valence-electron chi connectivity index (χ1n) is 4.29. The quantitative estimate of drug-likeness (QED) is 0.618. The highest BCUT2D eigenvalue weighted by molar-refractivity contribution is 4.78. The fourth-order valence-electron chi connectivity index (χ4n) is 1.42. The van der Waals surface area contributed by atoms with Crippen molar-refractivity contribution in [2.24, 2.45) is 0 Å². The van der Waals surface area contributed by atoms with Crippen LogP contribution >= 0.6 is 0 Å². The molecule has 0 spiro atoms. The van der Waals surface area contributed by atoms with Crippen LogP contribution in [-0.2, 0) is 4.74 Å². The Bertz CT molecular complexity index is 132. The smallest absolute Gasteiger partial charge is 0.124 e. The third-order valence-electron chi connectivity index (χ3n) is 2.06. The van der Waals surface area contributed by atoms with Gasteiger partial charge in [-0.05, 0) is 26.2 Å². The van der Waals surface area contributed by atoms with Crippen molar-refractivity contribution >= 4 is 0 Å². The van der Waals surface area contributed by atoms with Crippen LogP contribution in [0.25, 0.3) is 0 Å². The molecule has 0 aliphatic heterocycles. The van der Waals surface area contributed by atoms with E-state index in [1.54, 1.807) is 6.26 Å². The molecule has 1 rings (SSSR count). The highest BCUT2D eigenvalue weighted by Gasteiger charge is 2.22. The molecule has 1 fully saturated rings. The zero-order valence-corrected chi connectivity index (χ0v) is 6.99. The van der Waals surface area contributed by atoms with Crippen LogP contribution in [0.2, 0.25) is 0 Å².